The molecule has 2 aromatic rings. The lowest BCUT2D eigenvalue weighted by atomic mass is 10.2. The minimum Gasteiger partial charge on any atom is -0.497 e. The van der Waals surface area contributed by atoms with Crippen LogP contribution in [0.25, 0.3) is 0 Å². The number of aromatic carboxylic acids is 1. The molecule has 0 aliphatic heterocycles. The van der Waals surface area contributed by atoms with E-state index in [1.807, 2.05) is 12.1 Å². The Kier molecular flexibility index (Phi) is 4.14. The first-order valence-electron chi connectivity index (χ1n) is 5.65. The van der Waals surface area contributed by atoms with Gasteiger partial charge in [0, 0.05) is 15.5 Å². The summed E-state index contributed by atoms with van der Waals surface area (Å²) in [4.78, 5) is 12.1. The number of carboxylic acids is 1. The Hall–Kier alpha value is -2.21. The number of hydrogen-bond donors (Lipinski definition) is 2. The number of anilines is 1. The van der Waals surface area contributed by atoms with Crippen LogP contribution in [0.5, 0.6) is 5.75 Å². The smallest absolute Gasteiger partial charge is 0.338 e. The molecule has 0 saturated carbocycles. The van der Waals surface area contributed by atoms with Gasteiger partial charge in [-0.15, -0.1) is 0 Å². The third-order valence-electron chi connectivity index (χ3n) is 2.62. The van der Waals surface area contributed by atoms with Crippen molar-refractivity contribution >= 4 is 23.4 Å². The summed E-state index contributed by atoms with van der Waals surface area (Å²) in [5.74, 6) is -1.42. The van der Waals surface area contributed by atoms with Crippen LogP contribution in [0.4, 0.5) is 10.1 Å². The van der Waals surface area contributed by atoms with Gasteiger partial charge in [0.2, 0.25) is 0 Å². The molecule has 0 aliphatic carbocycles. The zero-order chi connectivity index (χ0) is 14.7. The van der Waals surface area contributed by atoms with Crippen molar-refractivity contribution in [2.75, 3.05) is 12.8 Å². The lowest BCUT2D eigenvalue weighted by Crippen LogP contribution is -2.03. The quantitative estimate of drug-likeness (QED) is 0.846. The van der Waals surface area contributed by atoms with E-state index < -0.39 is 17.3 Å². The van der Waals surface area contributed by atoms with Crippen LogP contribution in [0.1, 0.15) is 10.4 Å². The van der Waals surface area contributed by atoms with Crippen molar-refractivity contribution in [3.05, 3.63) is 47.8 Å². The van der Waals surface area contributed by atoms with E-state index in [4.69, 9.17) is 15.6 Å². The Morgan fingerprint density at radius 1 is 1.30 bits per heavy atom. The van der Waals surface area contributed by atoms with Crippen molar-refractivity contribution in [1.29, 1.82) is 0 Å². The Bertz CT molecular complexity index is 644. The molecule has 3 N–H and O–H groups in total. The first-order valence-corrected chi connectivity index (χ1v) is 6.47. The van der Waals surface area contributed by atoms with Crippen molar-refractivity contribution in [2.45, 2.75) is 9.79 Å². The molecule has 0 radical (unpaired) electrons. The fourth-order valence-electron chi connectivity index (χ4n) is 1.59. The van der Waals surface area contributed by atoms with Crippen LogP contribution in [-0.4, -0.2) is 18.2 Å². The van der Waals surface area contributed by atoms with Crippen LogP contribution in [0.3, 0.4) is 0 Å². The molecule has 0 unspecified atom stereocenters. The van der Waals surface area contributed by atoms with Gasteiger partial charge in [-0.2, -0.15) is 0 Å². The van der Waals surface area contributed by atoms with Gasteiger partial charge in [-0.25, -0.2) is 9.18 Å². The maximum atomic E-state index is 13.6. The zero-order valence-electron chi connectivity index (χ0n) is 10.6. The van der Waals surface area contributed by atoms with Gasteiger partial charge in [0.15, 0.2) is 0 Å². The molecule has 0 aliphatic rings. The highest BCUT2D eigenvalue weighted by Gasteiger charge is 2.14. The summed E-state index contributed by atoms with van der Waals surface area (Å²) in [7, 11) is 1.57. The summed E-state index contributed by atoms with van der Waals surface area (Å²) in [6, 6.07) is 9.44. The maximum absolute atomic E-state index is 13.6. The van der Waals surface area contributed by atoms with Gasteiger partial charge in [-0.1, -0.05) is 11.8 Å². The number of rotatable bonds is 4. The number of carbonyl (C=O) groups is 1. The molecule has 20 heavy (non-hydrogen) atoms. The highest BCUT2D eigenvalue weighted by Crippen LogP contribution is 2.34. The molecular weight excluding hydrogens is 281 g/mol. The summed E-state index contributed by atoms with van der Waals surface area (Å²) < 4.78 is 18.7. The molecule has 0 bridgehead atoms. The first kappa shape index (κ1) is 14.2. The molecule has 0 saturated heterocycles. The van der Waals surface area contributed by atoms with E-state index >= 15 is 0 Å². The molecule has 104 valence electrons. The van der Waals surface area contributed by atoms with Crippen LogP contribution in [0, 0.1) is 5.82 Å². The Labute approximate surface area is 119 Å². The summed E-state index contributed by atoms with van der Waals surface area (Å²) >= 11 is 1.25. The van der Waals surface area contributed by atoms with Crippen LogP contribution in [-0.2, 0) is 0 Å². The predicted molar refractivity (Wildman–Crippen MR) is 74.9 cm³/mol. The van der Waals surface area contributed by atoms with Crippen molar-refractivity contribution < 1.29 is 19.0 Å². The van der Waals surface area contributed by atoms with Gasteiger partial charge in [-0.05, 0) is 36.4 Å². The Morgan fingerprint density at radius 2 is 1.95 bits per heavy atom. The summed E-state index contributed by atoms with van der Waals surface area (Å²) in [6.07, 6.45) is 0. The van der Waals surface area contributed by atoms with Crippen LogP contribution >= 0.6 is 11.8 Å². The minimum absolute atomic E-state index is 0.226. The Balaban J connectivity index is 2.29. The fraction of sp³-hybridized carbons (Fsp3) is 0.0714. The van der Waals surface area contributed by atoms with Gasteiger partial charge in [0.05, 0.1) is 12.7 Å². The van der Waals surface area contributed by atoms with E-state index in [9.17, 15) is 9.18 Å². The topological polar surface area (TPSA) is 72.5 Å². The molecule has 0 fully saturated rings. The maximum Gasteiger partial charge on any atom is 0.338 e. The lowest BCUT2D eigenvalue weighted by molar-refractivity contribution is 0.0692. The molecule has 0 heterocycles. The van der Waals surface area contributed by atoms with E-state index in [1.165, 1.54) is 11.8 Å². The lowest BCUT2D eigenvalue weighted by Gasteiger charge is -2.08. The second-order valence-electron chi connectivity index (χ2n) is 3.95. The molecule has 4 nitrogen and oxygen atoms in total. The van der Waals surface area contributed by atoms with Crippen LogP contribution in [0.2, 0.25) is 0 Å². The SMILES string of the molecule is COc1ccc(Sc2cc(F)c(C(=O)O)cc2N)cc1. The fourth-order valence-corrected chi connectivity index (χ4v) is 2.46. The molecule has 0 atom stereocenters. The second kappa shape index (κ2) is 5.83. The van der Waals surface area contributed by atoms with Gasteiger partial charge in [-0.3, -0.25) is 0 Å². The summed E-state index contributed by atoms with van der Waals surface area (Å²) in [5, 5.41) is 8.81. The zero-order valence-corrected chi connectivity index (χ0v) is 11.4. The van der Waals surface area contributed by atoms with E-state index in [0.29, 0.717) is 4.90 Å². The van der Waals surface area contributed by atoms with Gasteiger partial charge >= 0.3 is 5.97 Å². The van der Waals surface area contributed by atoms with Crippen molar-refractivity contribution in [3.8, 4) is 5.75 Å². The highest BCUT2D eigenvalue weighted by molar-refractivity contribution is 7.99. The van der Waals surface area contributed by atoms with E-state index in [2.05, 4.69) is 0 Å². The van der Waals surface area contributed by atoms with Crippen molar-refractivity contribution in [2.24, 2.45) is 0 Å². The number of hydrogen-bond acceptors (Lipinski definition) is 4. The monoisotopic (exact) mass is 293 g/mol. The van der Waals surface area contributed by atoms with E-state index in [-0.39, 0.29) is 5.69 Å². The first-order chi connectivity index (χ1) is 9.51. The molecular formula is C14H12FNO3S. The number of methoxy groups -OCH3 is 1. The molecule has 6 heteroatoms. The standard InChI is InChI=1S/C14H12FNO3S/c1-19-8-2-4-9(5-3-8)20-13-7-11(15)10(14(17)18)6-12(13)16/h2-7H,16H2,1H3,(H,17,18). The minimum atomic E-state index is -1.34. The number of ether oxygens (including phenoxy) is 1. The average molecular weight is 293 g/mol. The molecule has 0 amide bonds. The number of carboxylic acid groups (broad SMARTS) is 1. The second-order valence-corrected chi connectivity index (χ2v) is 5.07. The molecule has 0 aromatic heterocycles. The average Bonchev–Trinajstić information content (AvgIpc) is 2.43. The van der Waals surface area contributed by atoms with Gasteiger partial charge in [0.25, 0.3) is 0 Å². The van der Waals surface area contributed by atoms with Gasteiger partial charge < -0.3 is 15.6 Å². The number of nitrogen functional groups attached to an aromatic ring is 1. The van der Waals surface area contributed by atoms with E-state index in [0.717, 1.165) is 22.8 Å². The normalized spacial score (nSPS) is 10.3. The largest absolute Gasteiger partial charge is 0.497 e. The Morgan fingerprint density at radius 3 is 2.50 bits per heavy atom. The molecule has 2 rings (SSSR count). The summed E-state index contributed by atoms with van der Waals surface area (Å²) in [5.41, 5.74) is 5.55. The van der Waals surface area contributed by atoms with Crippen molar-refractivity contribution in [3.63, 3.8) is 0 Å². The van der Waals surface area contributed by atoms with Crippen molar-refractivity contribution in [1.82, 2.24) is 0 Å². The third kappa shape index (κ3) is 3.03. The molecule has 0 spiro atoms. The third-order valence-corrected chi connectivity index (χ3v) is 3.70. The van der Waals surface area contributed by atoms with Gasteiger partial charge in [0.1, 0.15) is 11.6 Å². The van der Waals surface area contributed by atoms with E-state index in [1.54, 1.807) is 19.2 Å². The number of nitrogens with two attached hydrogens (primary N) is 1. The molecule has 2 aromatic carbocycles. The number of benzene rings is 2. The number of halogens is 1. The van der Waals surface area contributed by atoms with Crippen LogP contribution in [0.15, 0.2) is 46.2 Å². The van der Waals surface area contributed by atoms with Crippen LogP contribution < -0.4 is 10.5 Å². The predicted octanol–water partition coefficient (Wildman–Crippen LogP) is 3.27. The summed E-state index contributed by atoms with van der Waals surface area (Å²) in [6.45, 7) is 0. The highest BCUT2D eigenvalue weighted by atomic mass is 32.2.